The minimum Gasteiger partial charge on any atom is -0.368 e. The molecular weight excluding hydrogens is 422 g/mol. The van der Waals surface area contributed by atoms with E-state index in [2.05, 4.69) is 17.0 Å². The van der Waals surface area contributed by atoms with E-state index in [9.17, 15) is 13.2 Å². The van der Waals surface area contributed by atoms with Gasteiger partial charge in [0.25, 0.3) is 0 Å². The Morgan fingerprint density at radius 2 is 1.57 bits per heavy atom. The normalized spacial score (nSPS) is 20.9. The Kier molecular flexibility index (Phi) is 6.32. The summed E-state index contributed by atoms with van der Waals surface area (Å²) in [5, 5.41) is 0.496. The van der Waals surface area contributed by atoms with Gasteiger partial charge in [0, 0.05) is 50.0 Å². The third-order valence-corrected chi connectivity index (χ3v) is 8.03. The van der Waals surface area contributed by atoms with Gasteiger partial charge < -0.3 is 9.80 Å². The highest BCUT2D eigenvalue weighted by molar-refractivity contribution is 7.89. The first-order valence-corrected chi connectivity index (χ1v) is 12.1. The van der Waals surface area contributed by atoms with Crippen LogP contribution in [0.25, 0.3) is 0 Å². The Balaban J connectivity index is 1.39. The van der Waals surface area contributed by atoms with E-state index in [0.29, 0.717) is 31.1 Å². The number of amides is 1. The van der Waals surface area contributed by atoms with Crippen LogP contribution in [0.5, 0.6) is 0 Å². The Labute approximate surface area is 183 Å². The van der Waals surface area contributed by atoms with E-state index in [0.717, 1.165) is 19.5 Å². The molecule has 0 saturated carbocycles. The predicted octanol–water partition coefficient (Wildman–Crippen LogP) is 3.09. The molecule has 1 atom stereocenters. The van der Waals surface area contributed by atoms with Crippen LogP contribution in [0.2, 0.25) is 5.02 Å². The smallest absolute Gasteiger partial charge is 0.243 e. The largest absolute Gasteiger partial charge is 0.368 e. The Hall–Kier alpha value is -2.09. The van der Waals surface area contributed by atoms with Gasteiger partial charge in [-0.3, -0.25) is 4.79 Å². The van der Waals surface area contributed by atoms with Crippen LogP contribution in [0.3, 0.4) is 0 Å². The van der Waals surface area contributed by atoms with Gasteiger partial charge in [-0.15, -0.1) is 0 Å². The molecule has 2 saturated heterocycles. The number of hydrogen-bond donors (Lipinski definition) is 0. The van der Waals surface area contributed by atoms with Gasteiger partial charge in [-0.1, -0.05) is 29.8 Å². The van der Waals surface area contributed by atoms with Gasteiger partial charge in [0.15, 0.2) is 0 Å². The molecule has 1 amide bonds. The quantitative estimate of drug-likeness (QED) is 0.722. The summed E-state index contributed by atoms with van der Waals surface area (Å²) in [6, 6.07) is 16.4. The molecule has 0 spiro atoms. The topological polar surface area (TPSA) is 60.9 Å². The fourth-order valence-electron chi connectivity index (χ4n) is 4.20. The van der Waals surface area contributed by atoms with Gasteiger partial charge in [-0.05, 0) is 49.2 Å². The second kappa shape index (κ2) is 8.96. The number of benzene rings is 2. The van der Waals surface area contributed by atoms with Crippen LogP contribution >= 0.6 is 11.6 Å². The molecule has 0 radical (unpaired) electrons. The summed E-state index contributed by atoms with van der Waals surface area (Å²) < 4.78 is 27.4. The molecule has 160 valence electrons. The molecule has 2 aromatic rings. The van der Waals surface area contributed by atoms with Crippen molar-refractivity contribution in [2.24, 2.45) is 5.92 Å². The second-order valence-electron chi connectivity index (χ2n) is 7.80. The highest BCUT2D eigenvalue weighted by Gasteiger charge is 2.35. The summed E-state index contributed by atoms with van der Waals surface area (Å²) in [6.07, 6.45) is 1.41. The maximum Gasteiger partial charge on any atom is 0.243 e. The lowest BCUT2D eigenvalue weighted by molar-refractivity contribution is -0.137. The molecule has 2 heterocycles. The summed E-state index contributed by atoms with van der Waals surface area (Å²) in [5.41, 5.74) is 1.17. The SMILES string of the molecule is O=C([C@@H]1CCCN(S(=O)(=O)c2ccc(Cl)cc2)C1)N1CCN(c2ccccc2)CC1. The number of halogens is 1. The molecule has 30 heavy (non-hydrogen) atoms. The van der Waals surface area contributed by atoms with Crippen LogP contribution in [0, 0.1) is 5.92 Å². The highest BCUT2D eigenvalue weighted by Crippen LogP contribution is 2.26. The maximum atomic E-state index is 13.1. The number of nitrogens with zero attached hydrogens (tertiary/aromatic N) is 3. The number of carbonyl (C=O) groups excluding carboxylic acids is 1. The Morgan fingerprint density at radius 3 is 2.23 bits per heavy atom. The summed E-state index contributed by atoms with van der Waals surface area (Å²) >= 11 is 5.89. The zero-order valence-electron chi connectivity index (χ0n) is 16.8. The van der Waals surface area contributed by atoms with Crippen LogP contribution in [-0.4, -0.2) is 62.8 Å². The molecular formula is C22H26ClN3O3S. The number of piperidine rings is 1. The summed E-state index contributed by atoms with van der Waals surface area (Å²) in [5.74, 6) is -0.220. The summed E-state index contributed by atoms with van der Waals surface area (Å²) in [7, 11) is -3.63. The number of rotatable bonds is 4. The first-order chi connectivity index (χ1) is 14.4. The van der Waals surface area contributed by atoms with E-state index in [-0.39, 0.29) is 23.3 Å². The molecule has 8 heteroatoms. The molecule has 0 bridgehead atoms. The third-order valence-electron chi connectivity index (χ3n) is 5.90. The van der Waals surface area contributed by atoms with Crippen LogP contribution in [0.4, 0.5) is 5.69 Å². The molecule has 6 nitrogen and oxygen atoms in total. The van der Waals surface area contributed by atoms with E-state index in [1.807, 2.05) is 23.1 Å². The summed E-state index contributed by atoms with van der Waals surface area (Å²) in [4.78, 5) is 17.5. The van der Waals surface area contributed by atoms with Crippen LogP contribution in [-0.2, 0) is 14.8 Å². The van der Waals surface area contributed by atoms with Crippen molar-refractivity contribution in [2.45, 2.75) is 17.7 Å². The van der Waals surface area contributed by atoms with E-state index in [1.165, 1.54) is 22.1 Å². The number of para-hydroxylation sites is 1. The zero-order chi connectivity index (χ0) is 21.1. The Morgan fingerprint density at radius 1 is 0.900 bits per heavy atom. The minimum atomic E-state index is -3.63. The molecule has 0 N–H and O–H groups in total. The molecule has 2 aliphatic heterocycles. The number of piperazine rings is 1. The Bertz CT molecular complexity index is 974. The molecule has 2 aromatic carbocycles. The van der Waals surface area contributed by atoms with Crippen molar-refractivity contribution in [2.75, 3.05) is 44.2 Å². The fraction of sp³-hybridized carbons (Fsp3) is 0.409. The van der Waals surface area contributed by atoms with Crippen molar-refractivity contribution < 1.29 is 13.2 Å². The fourth-order valence-corrected chi connectivity index (χ4v) is 5.85. The van der Waals surface area contributed by atoms with Crippen molar-refractivity contribution >= 4 is 33.2 Å². The van der Waals surface area contributed by atoms with Gasteiger partial charge in [0.2, 0.25) is 15.9 Å². The van der Waals surface area contributed by atoms with Crippen molar-refractivity contribution in [1.29, 1.82) is 0 Å². The van der Waals surface area contributed by atoms with Crippen molar-refractivity contribution in [3.05, 3.63) is 59.6 Å². The first kappa shape index (κ1) is 21.2. The van der Waals surface area contributed by atoms with E-state index in [1.54, 1.807) is 12.1 Å². The van der Waals surface area contributed by atoms with Crippen molar-refractivity contribution in [3.8, 4) is 0 Å². The minimum absolute atomic E-state index is 0.0683. The predicted molar refractivity (Wildman–Crippen MR) is 118 cm³/mol. The zero-order valence-corrected chi connectivity index (χ0v) is 18.4. The highest BCUT2D eigenvalue weighted by atomic mass is 35.5. The number of hydrogen-bond acceptors (Lipinski definition) is 4. The van der Waals surface area contributed by atoms with Crippen molar-refractivity contribution in [3.63, 3.8) is 0 Å². The van der Waals surface area contributed by atoms with Crippen LogP contribution in [0.15, 0.2) is 59.5 Å². The van der Waals surface area contributed by atoms with Gasteiger partial charge in [0.1, 0.15) is 0 Å². The molecule has 0 aliphatic carbocycles. The lowest BCUT2D eigenvalue weighted by Gasteiger charge is -2.39. The average molecular weight is 448 g/mol. The van der Waals surface area contributed by atoms with E-state index >= 15 is 0 Å². The standard InChI is InChI=1S/C22H26ClN3O3S/c23-19-8-10-21(11-9-19)30(28,29)26-12-4-5-18(17-26)22(27)25-15-13-24(14-16-25)20-6-2-1-3-7-20/h1-3,6-11,18H,4-5,12-17H2/t18-/m1/s1. The molecule has 2 fully saturated rings. The first-order valence-electron chi connectivity index (χ1n) is 10.3. The molecule has 0 unspecified atom stereocenters. The number of carbonyl (C=O) groups is 1. The van der Waals surface area contributed by atoms with Crippen molar-refractivity contribution in [1.82, 2.24) is 9.21 Å². The lowest BCUT2D eigenvalue weighted by atomic mass is 9.97. The second-order valence-corrected chi connectivity index (χ2v) is 10.2. The van der Waals surface area contributed by atoms with Gasteiger partial charge in [-0.25, -0.2) is 8.42 Å². The molecule has 4 rings (SSSR count). The van der Waals surface area contributed by atoms with E-state index < -0.39 is 10.0 Å². The van der Waals surface area contributed by atoms with E-state index in [4.69, 9.17) is 11.6 Å². The number of anilines is 1. The van der Waals surface area contributed by atoms with Gasteiger partial charge >= 0.3 is 0 Å². The monoisotopic (exact) mass is 447 g/mol. The molecule has 0 aromatic heterocycles. The van der Waals surface area contributed by atoms with Crippen LogP contribution in [0.1, 0.15) is 12.8 Å². The van der Waals surface area contributed by atoms with Gasteiger partial charge in [0.05, 0.1) is 10.8 Å². The lowest BCUT2D eigenvalue weighted by Crippen LogP contribution is -2.53. The maximum absolute atomic E-state index is 13.1. The van der Waals surface area contributed by atoms with Crippen LogP contribution < -0.4 is 4.90 Å². The average Bonchev–Trinajstić information content (AvgIpc) is 2.80. The van der Waals surface area contributed by atoms with Gasteiger partial charge in [-0.2, -0.15) is 4.31 Å². The summed E-state index contributed by atoms with van der Waals surface area (Å²) in [6.45, 7) is 3.58. The third kappa shape index (κ3) is 4.48. The number of sulfonamides is 1. The molecule has 2 aliphatic rings.